The number of rotatable bonds is 8. The molecule has 1 atom stereocenters. The standard InChI is InChI=1S/C16H28N2O/c1-5-18(6-2)13-12-17-16(19,14(3)4)15-10-8-7-9-11-15/h7-11,14,17,19H,5-6,12-13H2,1-4H3. The lowest BCUT2D eigenvalue weighted by Crippen LogP contribution is -2.49. The first-order valence-electron chi connectivity index (χ1n) is 7.29. The highest BCUT2D eigenvalue weighted by Crippen LogP contribution is 2.26. The number of nitrogens with zero attached hydrogens (tertiary/aromatic N) is 1. The average Bonchev–Trinajstić information content (AvgIpc) is 2.44. The van der Waals surface area contributed by atoms with Crippen molar-refractivity contribution in [2.24, 2.45) is 5.92 Å². The van der Waals surface area contributed by atoms with E-state index < -0.39 is 5.72 Å². The zero-order chi connectivity index (χ0) is 14.3. The molecular weight excluding hydrogens is 236 g/mol. The van der Waals surface area contributed by atoms with Gasteiger partial charge in [-0.25, -0.2) is 0 Å². The molecule has 0 aromatic heterocycles. The van der Waals surface area contributed by atoms with Gasteiger partial charge < -0.3 is 10.0 Å². The van der Waals surface area contributed by atoms with Gasteiger partial charge in [0, 0.05) is 19.0 Å². The quantitative estimate of drug-likeness (QED) is 0.708. The van der Waals surface area contributed by atoms with Gasteiger partial charge in [0.2, 0.25) is 0 Å². The van der Waals surface area contributed by atoms with Crippen LogP contribution in [0.4, 0.5) is 0 Å². The van der Waals surface area contributed by atoms with Gasteiger partial charge in [-0.05, 0) is 18.7 Å². The number of nitrogens with one attached hydrogen (secondary N) is 1. The molecule has 1 rings (SSSR count). The first-order valence-corrected chi connectivity index (χ1v) is 7.29. The zero-order valence-electron chi connectivity index (χ0n) is 12.7. The summed E-state index contributed by atoms with van der Waals surface area (Å²) < 4.78 is 0. The second kappa shape index (κ2) is 7.63. The molecule has 0 fully saturated rings. The Labute approximate surface area is 117 Å². The van der Waals surface area contributed by atoms with E-state index in [9.17, 15) is 5.11 Å². The lowest BCUT2D eigenvalue weighted by atomic mass is 9.91. The van der Waals surface area contributed by atoms with Gasteiger partial charge >= 0.3 is 0 Å². The van der Waals surface area contributed by atoms with Crippen molar-refractivity contribution in [2.45, 2.75) is 33.4 Å². The summed E-state index contributed by atoms with van der Waals surface area (Å²) in [6, 6.07) is 9.86. The van der Waals surface area contributed by atoms with Crippen LogP contribution >= 0.6 is 0 Å². The Morgan fingerprint density at radius 1 is 1.16 bits per heavy atom. The van der Waals surface area contributed by atoms with E-state index in [0.29, 0.717) is 0 Å². The summed E-state index contributed by atoms with van der Waals surface area (Å²) in [7, 11) is 0. The smallest absolute Gasteiger partial charge is 0.144 e. The molecule has 1 unspecified atom stereocenters. The van der Waals surface area contributed by atoms with Crippen molar-refractivity contribution < 1.29 is 5.11 Å². The Morgan fingerprint density at radius 2 is 1.74 bits per heavy atom. The molecule has 0 aliphatic heterocycles. The van der Waals surface area contributed by atoms with Crippen molar-refractivity contribution in [1.82, 2.24) is 10.2 Å². The highest BCUT2D eigenvalue weighted by molar-refractivity contribution is 5.22. The molecule has 0 saturated heterocycles. The van der Waals surface area contributed by atoms with Crippen LogP contribution in [0.2, 0.25) is 0 Å². The van der Waals surface area contributed by atoms with Crippen LogP contribution in [-0.2, 0) is 5.72 Å². The lowest BCUT2D eigenvalue weighted by Gasteiger charge is -2.34. The van der Waals surface area contributed by atoms with E-state index in [1.807, 2.05) is 44.2 Å². The van der Waals surface area contributed by atoms with Crippen LogP contribution in [0.3, 0.4) is 0 Å². The SMILES string of the molecule is CCN(CC)CCNC(O)(c1ccccc1)C(C)C. The van der Waals surface area contributed by atoms with E-state index >= 15 is 0 Å². The number of hydrogen-bond acceptors (Lipinski definition) is 3. The van der Waals surface area contributed by atoms with E-state index in [1.165, 1.54) is 0 Å². The van der Waals surface area contributed by atoms with Crippen LogP contribution in [0.15, 0.2) is 30.3 Å². The Bertz CT molecular complexity index is 349. The van der Waals surface area contributed by atoms with Crippen LogP contribution < -0.4 is 5.32 Å². The molecule has 0 spiro atoms. The topological polar surface area (TPSA) is 35.5 Å². The fraction of sp³-hybridized carbons (Fsp3) is 0.625. The third-order valence-corrected chi connectivity index (χ3v) is 3.77. The largest absolute Gasteiger partial charge is 0.371 e. The van der Waals surface area contributed by atoms with E-state index in [0.717, 1.165) is 31.7 Å². The third-order valence-electron chi connectivity index (χ3n) is 3.77. The van der Waals surface area contributed by atoms with E-state index in [-0.39, 0.29) is 5.92 Å². The Morgan fingerprint density at radius 3 is 2.21 bits per heavy atom. The van der Waals surface area contributed by atoms with Gasteiger partial charge in [0.05, 0.1) is 0 Å². The van der Waals surface area contributed by atoms with Gasteiger partial charge in [0.1, 0.15) is 5.72 Å². The molecule has 19 heavy (non-hydrogen) atoms. The first-order chi connectivity index (χ1) is 9.04. The van der Waals surface area contributed by atoms with Crippen LogP contribution in [0.25, 0.3) is 0 Å². The van der Waals surface area contributed by atoms with Gasteiger partial charge in [0.25, 0.3) is 0 Å². The minimum Gasteiger partial charge on any atom is -0.371 e. The monoisotopic (exact) mass is 264 g/mol. The summed E-state index contributed by atoms with van der Waals surface area (Å²) in [4.78, 5) is 2.35. The number of hydrogen-bond donors (Lipinski definition) is 2. The third kappa shape index (κ3) is 4.30. The maximum Gasteiger partial charge on any atom is 0.144 e. The summed E-state index contributed by atoms with van der Waals surface area (Å²) in [5.74, 6) is 0.117. The van der Waals surface area contributed by atoms with Crippen LogP contribution in [0.5, 0.6) is 0 Å². The molecular formula is C16H28N2O. The van der Waals surface area contributed by atoms with E-state index in [1.54, 1.807) is 0 Å². The predicted molar refractivity (Wildman–Crippen MR) is 81.0 cm³/mol. The molecule has 1 aromatic carbocycles. The van der Waals surface area contributed by atoms with Crippen molar-refractivity contribution in [3.63, 3.8) is 0 Å². The Kier molecular flexibility index (Phi) is 6.49. The van der Waals surface area contributed by atoms with Crippen molar-refractivity contribution in [3.05, 3.63) is 35.9 Å². The first kappa shape index (κ1) is 16.2. The maximum atomic E-state index is 10.9. The second-order valence-corrected chi connectivity index (χ2v) is 5.24. The van der Waals surface area contributed by atoms with Gasteiger partial charge in [-0.1, -0.05) is 58.0 Å². The van der Waals surface area contributed by atoms with Crippen LogP contribution in [-0.4, -0.2) is 36.2 Å². The minimum absolute atomic E-state index is 0.117. The number of likely N-dealkylation sites (N-methyl/N-ethyl adjacent to an activating group) is 1. The molecule has 0 bridgehead atoms. The molecule has 0 saturated carbocycles. The summed E-state index contributed by atoms with van der Waals surface area (Å²) >= 11 is 0. The molecule has 1 aromatic rings. The molecule has 3 nitrogen and oxygen atoms in total. The van der Waals surface area contributed by atoms with Crippen molar-refractivity contribution in [3.8, 4) is 0 Å². The molecule has 0 amide bonds. The average molecular weight is 264 g/mol. The minimum atomic E-state index is -0.950. The summed E-state index contributed by atoms with van der Waals surface area (Å²) in [5.41, 5.74) is -0.0152. The lowest BCUT2D eigenvalue weighted by molar-refractivity contribution is -0.0448. The van der Waals surface area contributed by atoms with Gasteiger partial charge in [-0.3, -0.25) is 5.32 Å². The van der Waals surface area contributed by atoms with Gasteiger partial charge in [-0.15, -0.1) is 0 Å². The van der Waals surface area contributed by atoms with Crippen LogP contribution in [0.1, 0.15) is 33.3 Å². The molecule has 0 aliphatic rings. The molecule has 0 radical (unpaired) electrons. The summed E-state index contributed by atoms with van der Waals surface area (Å²) in [6.07, 6.45) is 0. The molecule has 3 heteroatoms. The Balaban J connectivity index is 2.68. The van der Waals surface area contributed by atoms with Gasteiger partial charge in [-0.2, -0.15) is 0 Å². The fourth-order valence-corrected chi connectivity index (χ4v) is 2.28. The summed E-state index contributed by atoms with van der Waals surface area (Å²) in [5, 5.41) is 14.2. The zero-order valence-corrected chi connectivity index (χ0v) is 12.7. The van der Waals surface area contributed by atoms with Gasteiger partial charge in [0.15, 0.2) is 0 Å². The van der Waals surface area contributed by atoms with E-state index in [4.69, 9.17) is 0 Å². The number of aliphatic hydroxyl groups is 1. The van der Waals surface area contributed by atoms with Crippen molar-refractivity contribution >= 4 is 0 Å². The van der Waals surface area contributed by atoms with E-state index in [2.05, 4.69) is 24.1 Å². The maximum absolute atomic E-state index is 10.9. The summed E-state index contributed by atoms with van der Waals surface area (Å²) in [6.45, 7) is 12.2. The molecule has 108 valence electrons. The molecule has 0 aliphatic carbocycles. The normalized spacial score (nSPS) is 14.9. The highest BCUT2D eigenvalue weighted by atomic mass is 16.3. The molecule has 2 N–H and O–H groups in total. The fourth-order valence-electron chi connectivity index (χ4n) is 2.28. The van der Waals surface area contributed by atoms with Crippen LogP contribution in [0, 0.1) is 5.92 Å². The Hall–Kier alpha value is -0.900. The number of benzene rings is 1. The van der Waals surface area contributed by atoms with Crippen molar-refractivity contribution in [1.29, 1.82) is 0 Å². The second-order valence-electron chi connectivity index (χ2n) is 5.24. The predicted octanol–water partition coefficient (Wildman–Crippen LogP) is 2.42. The molecule has 0 heterocycles. The highest BCUT2D eigenvalue weighted by Gasteiger charge is 2.32. The van der Waals surface area contributed by atoms with Crippen molar-refractivity contribution in [2.75, 3.05) is 26.2 Å².